The van der Waals surface area contributed by atoms with Gasteiger partial charge in [0.2, 0.25) is 5.78 Å². The summed E-state index contributed by atoms with van der Waals surface area (Å²) in [5.74, 6) is 0.120. The van der Waals surface area contributed by atoms with E-state index in [2.05, 4.69) is 0 Å². The molecule has 0 aliphatic rings. The predicted molar refractivity (Wildman–Crippen MR) is 119 cm³/mol. The lowest BCUT2D eigenvalue weighted by Gasteiger charge is -2.14. The summed E-state index contributed by atoms with van der Waals surface area (Å²) in [6.45, 7) is 7.29. The predicted octanol–water partition coefficient (Wildman–Crippen LogP) is 4.93. The van der Waals surface area contributed by atoms with Crippen LogP contribution in [0.4, 0.5) is 0 Å². The lowest BCUT2D eigenvalue weighted by Crippen LogP contribution is -2.15. The van der Waals surface area contributed by atoms with Crippen molar-refractivity contribution in [2.45, 2.75) is 33.8 Å². The molecule has 0 radical (unpaired) electrons. The number of aromatic nitrogens is 1. The number of para-hydroxylation sites is 1. The first-order chi connectivity index (χ1) is 14.8. The molecule has 0 spiro atoms. The highest BCUT2D eigenvalue weighted by atomic mass is 16.5. The van der Waals surface area contributed by atoms with Crippen molar-refractivity contribution < 1.29 is 23.8 Å². The summed E-state index contributed by atoms with van der Waals surface area (Å²) in [6, 6.07) is 16.4. The Hall–Kier alpha value is -3.54. The monoisotopic (exact) mass is 421 g/mol. The van der Waals surface area contributed by atoms with Crippen molar-refractivity contribution in [1.29, 1.82) is 0 Å². The highest BCUT2D eigenvalue weighted by Crippen LogP contribution is 2.29. The number of hydrogen-bond donors (Lipinski definition) is 0. The molecule has 0 bridgehead atoms. The highest BCUT2D eigenvalue weighted by molar-refractivity contribution is 6.00. The molecule has 0 aliphatic carbocycles. The Morgan fingerprint density at radius 1 is 0.968 bits per heavy atom. The number of benzene rings is 2. The van der Waals surface area contributed by atoms with Crippen LogP contribution in [0, 0.1) is 13.8 Å². The van der Waals surface area contributed by atoms with Gasteiger partial charge in [0.05, 0.1) is 18.8 Å². The molecule has 0 amide bonds. The molecule has 0 fully saturated rings. The molecule has 0 aliphatic heterocycles. The Labute approximate surface area is 182 Å². The quantitative estimate of drug-likeness (QED) is 0.381. The molecule has 2 aromatic carbocycles. The summed E-state index contributed by atoms with van der Waals surface area (Å²) in [5.41, 5.74) is 3.54. The Kier molecular flexibility index (Phi) is 6.80. The molecule has 3 rings (SSSR count). The van der Waals surface area contributed by atoms with Gasteiger partial charge in [-0.1, -0.05) is 18.2 Å². The molecule has 31 heavy (non-hydrogen) atoms. The topological polar surface area (TPSA) is 66.8 Å². The van der Waals surface area contributed by atoms with E-state index in [9.17, 15) is 9.59 Å². The van der Waals surface area contributed by atoms with Crippen LogP contribution in [0.15, 0.2) is 54.6 Å². The summed E-state index contributed by atoms with van der Waals surface area (Å²) in [6.07, 6.45) is -0.0285. The largest absolute Gasteiger partial charge is 0.493 e. The zero-order valence-corrected chi connectivity index (χ0v) is 18.5. The summed E-state index contributed by atoms with van der Waals surface area (Å²) in [4.78, 5) is 25.2. The van der Waals surface area contributed by atoms with Gasteiger partial charge in [-0.05, 0) is 64.1 Å². The van der Waals surface area contributed by atoms with Crippen LogP contribution in [0.3, 0.4) is 0 Å². The van der Waals surface area contributed by atoms with Crippen LogP contribution in [-0.2, 0) is 4.74 Å². The molecule has 0 saturated carbocycles. The lowest BCUT2D eigenvalue weighted by atomic mass is 10.1. The van der Waals surface area contributed by atoms with Crippen LogP contribution in [0.5, 0.6) is 11.5 Å². The summed E-state index contributed by atoms with van der Waals surface area (Å²) < 4.78 is 18.2. The molecule has 162 valence electrons. The van der Waals surface area contributed by atoms with E-state index < -0.39 is 5.97 Å². The first-order valence-corrected chi connectivity index (χ1v) is 10.1. The normalized spacial score (nSPS) is 10.8. The Morgan fingerprint density at radius 2 is 1.68 bits per heavy atom. The van der Waals surface area contributed by atoms with E-state index in [1.807, 2.05) is 68.7 Å². The lowest BCUT2D eigenvalue weighted by molar-refractivity contribution is 0.0474. The van der Waals surface area contributed by atoms with Gasteiger partial charge in [-0.2, -0.15) is 0 Å². The number of ketones is 1. The van der Waals surface area contributed by atoms with Crippen molar-refractivity contribution in [2.75, 3.05) is 13.7 Å². The SMILES string of the molecule is COc1cc(C(=O)OCC(=O)c2cc(C)n(-c3ccccc3)c2C)ccc1OC(C)C. The summed E-state index contributed by atoms with van der Waals surface area (Å²) in [5, 5.41) is 0. The van der Waals surface area contributed by atoms with Crippen molar-refractivity contribution >= 4 is 11.8 Å². The van der Waals surface area contributed by atoms with Gasteiger partial charge in [0, 0.05) is 22.6 Å². The maximum Gasteiger partial charge on any atom is 0.338 e. The van der Waals surface area contributed by atoms with Crippen LogP contribution in [0.1, 0.15) is 46.0 Å². The number of rotatable bonds is 8. The third-order valence-corrected chi connectivity index (χ3v) is 4.84. The molecule has 0 N–H and O–H groups in total. The maximum absolute atomic E-state index is 12.8. The van der Waals surface area contributed by atoms with Crippen molar-refractivity contribution in [3.8, 4) is 17.2 Å². The average molecular weight is 421 g/mol. The number of carbonyl (C=O) groups excluding carboxylic acids is 2. The van der Waals surface area contributed by atoms with Crippen molar-refractivity contribution in [3.05, 3.63) is 77.1 Å². The van der Waals surface area contributed by atoms with Crippen LogP contribution in [-0.4, -0.2) is 36.1 Å². The van der Waals surface area contributed by atoms with Gasteiger partial charge in [-0.3, -0.25) is 4.79 Å². The highest BCUT2D eigenvalue weighted by Gasteiger charge is 2.19. The molecule has 0 atom stereocenters. The number of carbonyl (C=O) groups is 2. The first-order valence-electron chi connectivity index (χ1n) is 10.1. The number of methoxy groups -OCH3 is 1. The Morgan fingerprint density at radius 3 is 2.32 bits per heavy atom. The number of aryl methyl sites for hydroxylation is 1. The van der Waals surface area contributed by atoms with E-state index in [4.69, 9.17) is 14.2 Å². The molecule has 1 heterocycles. The number of Topliss-reactive ketones (excluding diaryl/α,β-unsaturated/α-hetero) is 1. The summed E-state index contributed by atoms with van der Waals surface area (Å²) >= 11 is 0. The number of ether oxygens (including phenoxy) is 3. The number of hydrogen-bond acceptors (Lipinski definition) is 5. The smallest absolute Gasteiger partial charge is 0.338 e. The molecule has 0 saturated heterocycles. The van der Waals surface area contributed by atoms with Crippen LogP contribution >= 0.6 is 0 Å². The summed E-state index contributed by atoms with van der Waals surface area (Å²) in [7, 11) is 1.50. The second-order valence-electron chi connectivity index (χ2n) is 7.49. The first kappa shape index (κ1) is 22.2. The van der Waals surface area contributed by atoms with Crippen LogP contribution in [0.2, 0.25) is 0 Å². The van der Waals surface area contributed by atoms with Crippen LogP contribution in [0.25, 0.3) is 5.69 Å². The van der Waals surface area contributed by atoms with Crippen LogP contribution < -0.4 is 9.47 Å². The second kappa shape index (κ2) is 9.51. The number of nitrogens with zero attached hydrogens (tertiary/aromatic N) is 1. The van der Waals surface area contributed by atoms with E-state index in [0.717, 1.165) is 17.1 Å². The third kappa shape index (κ3) is 4.97. The van der Waals surface area contributed by atoms with E-state index >= 15 is 0 Å². The molecular weight excluding hydrogens is 394 g/mol. The van der Waals surface area contributed by atoms with Gasteiger partial charge in [-0.25, -0.2) is 4.79 Å². The fourth-order valence-electron chi connectivity index (χ4n) is 3.46. The fraction of sp³-hybridized carbons (Fsp3) is 0.280. The fourth-order valence-corrected chi connectivity index (χ4v) is 3.46. The third-order valence-electron chi connectivity index (χ3n) is 4.84. The van der Waals surface area contributed by atoms with Gasteiger partial charge in [0.25, 0.3) is 0 Å². The molecule has 1 aromatic heterocycles. The van der Waals surface area contributed by atoms with E-state index in [-0.39, 0.29) is 24.1 Å². The molecule has 3 aromatic rings. The Bertz CT molecular complexity index is 1080. The second-order valence-corrected chi connectivity index (χ2v) is 7.49. The minimum absolute atomic E-state index is 0.0285. The van der Waals surface area contributed by atoms with E-state index in [0.29, 0.717) is 17.1 Å². The molecule has 0 unspecified atom stereocenters. The average Bonchev–Trinajstić information content (AvgIpc) is 3.06. The zero-order valence-electron chi connectivity index (χ0n) is 18.5. The van der Waals surface area contributed by atoms with E-state index in [1.165, 1.54) is 7.11 Å². The van der Waals surface area contributed by atoms with Crippen molar-refractivity contribution in [1.82, 2.24) is 4.57 Å². The van der Waals surface area contributed by atoms with Gasteiger partial charge in [0.1, 0.15) is 0 Å². The number of esters is 1. The molecule has 6 heteroatoms. The Balaban J connectivity index is 1.72. The zero-order chi connectivity index (χ0) is 22.5. The maximum atomic E-state index is 12.8. The van der Waals surface area contributed by atoms with Crippen molar-refractivity contribution in [3.63, 3.8) is 0 Å². The minimum Gasteiger partial charge on any atom is -0.493 e. The molecule has 6 nitrogen and oxygen atoms in total. The van der Waals surface area contributed by atoms with Gasteiger partial charge in [0.15, 0.2) is 18.1 Å². The minimum atomic E-state index is -0.598. The van der Waals surface area contributed by atoms with Gasteiger partial charge < -0.3 is 18.8 Å². The van der Waals surface area contributed by atoms with Gasteiger partial charge >= 0.3 is 5.97 Å². The van der Waals surface area contributed by atoms with E-state index in [1.54, 1.807) is 18.2 Å². The standard InChI is InChI=1S/C25H27NO5/c1-16(2)31-23-12-11-19(14-24(23)29-5)25(28)30-15-22(27)21-13-17(3)26(18(21)4)20-9-7-6-8-10-20/h6-14,16H,15H2,1-5H3. The molecular formula is C25H27NO5. The van der Waals surface area contributed by atoms with Crippen molar-refractivity contribution in [2.24, 2.45) is 0 Å². The van der Waals surface area contributed by atoms with Gasteiger partial charge in [-0.15, -0.1) is 0 Å².